The number of hydrogen-bond donors (Lipinski definition) is 2. The number of aromatic nitrogens is 2. The molecular formula is C24H20FN3O2. The molecule has 0 saturated heterocycles. The molecule has 5 nitrogen and oxygen atoms in total. The second-order valence-electron chi connectivity index (χ2n) is 6.74. The van der Waals surface area contributed by atoms with Gasteiger partial charge in [0.25, 0.3) is 5.91 Å². The van der Waals surface area contributed by atoms with Crippen LogP contribution in [0.5, 0.6) is 5.75 Å². The summed E-state index contributed by atoms with van der Waals surface area (Å²) >= 11 is 0. The minimum Gasteiger partial charge on any atom is -0.497 e. The fourth-order valence-electron chi connectivity index (χ4n) is 3.20. The first-order chi connectivity index (χ1) is 14.6. The molecule has 4 aromatic rings. The lowest BCUT2D eigenvalue weighted by atomic mass is 10.0. The van der Waals surface area contributed by atoms with Gasteiger partial charge in [0.05, 0.1) is 18.4 Å². The van der Waals surface area contributed by atoms with Gasteiger partial charge in [-0.25, -0.2) is 9.37 Å². The van der Waals surface area contributed by atoms with Crippen LogP contribution in [0, 0.1) is 5.82 Å². The number of aromatic amines is 1. The Labute approximate surface area is 173 Å². The van der Waals surface area contributed by atoms with E-state index < -0.39 is 11.7 Å². The maximum atomic E-state index is 13.9. The van der Waals surface area contributed by atoms with Crippen molar-refractivity contribution >= 4 is 11.9 Å². The molecule has 3 aromatic carbocycles. The zero-order valence-corrected chi connectivity index (χ0v) is 16.4. The highest BCUT2D eigenvalue weighted by Gasteiger charge is 2.17. The van der Waals surface area contributed by atoms with Crippen molar-refractivity contribution in [2.45, 2.75) is 6.42 Å². The molecule has 0 aliphatic carbocycles. The van der Waals surface area contributed by atoms with Gasteiger partial charge >= 0.3 is 0 Å². The summed E-state index contributed by atoms with van der Waals surface area (Å²) in [4.78, 5) is 20.3. The molecule has 30 heavy (non-hydrogen) atoms. The number of nitrogens with one attached hydrogen (secondary N) is 2. The molecule has 0 radical (unpaired) electrons. The van der Waals surface area contributed by atoms with Crippen LogP contribution in [0.2, 0.25) is 0 Å². The Hall–Kier alpha value is -3.93. The number of benzene rings is 3. The lowest BCUT2D eigenvalue weighted by Gasteiger charge is -2.04. The number of carbonyl (C=O) groups is 1. The Bertz CT molecular complexity index is 1150. The van der Waals surface area contributed by atoms with Crippen LogP contribution in [-0.2, 0) is 6.42 Å². The number of ether oxygens (including phenoxy) is 1. The Morgan fingerprint density at radius 1 is 1.00 bits per heavy atom. The van der Waals surface area contributed by atoms with Gasteiger partial charge in [-0.3, -0.25) is 10.1 Å². The van der Waals surface area contributed by atoms with Crippen LogP contribution in [0.3, 0.4) is 0 Å². The number of halogens is 1. The van der Waals surface area contributed by atoms with Crippen LogP contribution in [0.1, 0.15) is 21.6 Å². The fraction of sp³-hybridized carbons (Fsp3) is 0.0833. The van der Waals surface area contributed by atoms with Crippen LogP contribution < -0.4 is 10.1 Å². The second-order valence-corrected chi connectivity index (χ2v) is 6.74. The fourth-order valence-corrected chi connectivity index (χ4v) is 3.20. The molecule has 2 N–H and O–H groups in total. The number of amides is 1. The molecule has 0 aliphatic heterocycles. The molecule has 0 unspecified atom stereocenters. The third-order valence-corrected chi connectivity index (χ3v) is 4.72. The van der Waals surface area contributed by atoms with E-state index in [1.165, 1.54) is 12.1 Å². The molecule has 1 amide bonds. The summed E-state index contributed by atoms with van der Waals surface area (Å²) in [5.41, 5.74) is 3.50. The number of H-pyrrole nitrogens is 1. The van der Waals surface area contributed by atoms with E-state index in [-0.39, 0.29) is 11.5 Å². The summed E-state index contributed by atoms with van der Waals surface area (Å²) in [7, 11) is 1.61. The van der Waals surface area contributed by atoms with Crippen molar-refractivity contribution in [2.75, 3.05) is 12.4 Å². The number of rotatable bonds is 6. The molecule has 150 valence electrons. The molecule has 4 rings (SSSR count). The molecule has 6 heteroatoms. The standard InChI is InChI=1S/C24H20FN3O2/c1-30-18-13-11-17(12-14-18)22-21(15-16-7-3-2-4-8-16)26-24(27-22)28-23(29)19-9-5-6-10-20(19)25/h2-14H,15H2,1H3,(H2,26,27,28,29). The summed E-state index contributed by atoms with van der Waals surface area (Å²) in [5, 5.41) is 2.67. The van der Waals surface area contributed by atoms with E-state index in [0.717, 1.165) is 22.6 Å². The van der Waals surface area contributed by atoms with Gasteiger partial charge < -0.3 is 9.72 Å². The molecule has 1 heterocycles. The first-order valence-corrected chi connectivity index (χ1v) is 9.47. The van der Waals surface area contributed by atoms with Gasteiger partial charge in [-0.15, -0.1) is 0 Å². The minimum absolute atomic E-state index is 0.0375. The largest absolute Gasteiger partial charge is 0.497 e. The molecule has 0 bridgehead atoms. The highest BCUT2D eigenvalue weighted by molar-refractivity contribution is 6.03. The quantitative estimate of drug-likeness (QED) is 0.474. The van der Waals surface area contributed by atoms with E-state index in [2.05, 4.69) is 15.3 Å². The summed E-state index contributed by atoms with van der Waals surface area (Å²) < 4.78 is 19.2. The summed E-state index contributed by atoms with van der Waals surface area (Å²) in [6.07, 6.45) is 0.602. The van der Waals surface area contributed by atoms with Crippen LogP contribution in [0.25, 0.3) is 11.3 Å². The van der Waals surface area contributed by atoms with E-state index in [0.29, 0.717) is 12.1 Å². The predicted octanol–water partition coefficient (Wildman–Crippen LogP) is 5.07. The third-order valence-electron chi connectivity index (χ3n) is 4.72. The average molecular weight is 401 g/mol. The average Bonchev–Trinajstić information content (AvgIpc) is 3.16. The normalized spacial score (nSPS) is 10.6. The predicted molar refractivity (Wildman–Crippen MR) is 114 cm³/mol. The smallest absolute Gasteiger partial charge is 0.260 e. The SMILES string of the molecule is COc1ccc(-c2nc(NC(=O)c3ccccc3F)[nH]c2Cc2ccccc2)cc1. The highest BCUT2D eigenvalue weighted by Crippen LogP contribution is 2.27. The number of methoxy groups -OCH3 is 1. The Balaban J connectivity index is 1.67. The molecule has 0 atom stereocenters. The zero-order chi connectivity index (χ0) is 20.9. The van der Waals surface area contributed by atoms with Gasteiger partial charge in [-0.1, -0.05) is 42.5 Å². The Morgan fingerprint density at radius 3 is 2.40 bits per heavy atom. The van der Waals surface area contributed by atoms with E-state index >= 15 is 0 Å². The molecular weight excluding hydrogens is 381 g/mol. The molecule has 0 spiro atoms. The lowest BCUT2D eigenvalue weighted by Crippen LogP contribution is -2.14. The van der Waals surface area contributed by atoms with Crippen LogP contribution in [0.15, 0.2) is 78.9 Å². The molecule has 0 aliphatic rings. The monoisotopic (exact) mass is 401 g/mol. The van der Waals surface area contributed by atoms with Crippen molar-refractivity contribution in [2.24, 2.45) is 0 Å². The van der Waals surface area contributed by atoms with Crippen LogP contribution in [-0.4, -0.2) is 23.0 Å². The van der Waals surface area contributed by atoms with Gasteiger partial charge in [-0.05, 0) is 42.0 Å². The van der Waals surface area contributed by atoms with Crippen LogP contribution >= 0.6 is 0 Å². The van der Waals surface area contributed by atoms with Crippen molar-refractivity contribution in [1.29, 1.82) is 0 Å². The summed E-state index contributed by atoms with van der Waals surface area (Å²) in [6.45, 7) is 0. The number of anilines is 1. The molecule has 0 saturated carbocycles. The lowest BCUT2D eigenvalue weighted by molar-refractivity contribution is 0.102. The molecule has 1 aromatic heterocycles. The number of hydrogen-bond acceptors (Lipinski definition) is 3. The summed E-state index contributed by atoms with van der Waals surface area (Å²) in [5.74, 6) is -0.136. The number of imidazole rings is 1. The van der Waals surface area contributed by atoms with Crippen LogP contribution in [0.4, 0.5) is 10.3 Å². The second kappa shape index (κ2) is 8.61. The Morgan fingerprint density at radius 2 is 1.70 bits per heavy atom. The van der Waals surface area contributed by atoms with E-state index in [4.69, 9.17) is 4.74 Å². The van der Waals surface area contributed by atoms with Crippen molar-refractivity contribution in [1.82, 2.24) is 9.97 Å². The van der Waals surface area contributed by atoms with Crippen molar-refractivity contribution in [3.05, 3.63) is 102 Å². The first kappa shape index (κ1) is 19.4. The van der Waals surface area contributed by atoms with Gasteiger partial charge in [0.2, 0.25) is 5.95 Å². The van der Waals surface area contributed by atoms with Gasteiger partial charge in [0.1, 0.15) is 11.6 Å². The topological polar surface area (TPSA) is 67.0 Å². The van der Waals surface area contributed by atoms with E-state index in [9.17, 15) is 9.18 Å². The summed E-state index contributed by atoms with van der Waals surface area (Å²) in [6, 6.07) is 23.3. The maximum absolute atomic E-state index is 13.9. The van der Waals surface area contributed by atoms with E-state index in [1.54, 1.807) is 19.2 Å². The molecule has 0 fully saturated rings. The Kier molecular flexibility index (Phi) is 5.57. The van der Waals surface area contributed by atoms with Crippen molar-refractivity contribution in [3.8, 4) is 17.0 Å². The third kappa shape index (κ3) is 4.22. The maximum Gasteiger partial charge on any atom is 0.260 e. The van der Waals surface area contributed by atoms with Gasteiger partial charge in [0, 0.05) is 17.7 Å². The van der Waals surface area contributed by atoms with Crippen molar-refractivity contribution in [3.63, 3.8) is 0 Å². The number of carbonyl (C=O) groups excluding carboxylic acids is 1. The van der Waals surface area contributed by atoms with Gasteiger partial charge in [-0.2, -0.15) is 0 Å². The van der Waals surface area contributed by atoms with Crippen molar-refractivity contribution < 1.29 is 13.9 Å². The van der Waals surface area contributed by atoms with Gasteiger partial charge in [0.15, 0.2) is 0 Å². The first-order valence-electron chi connectivity index (χ1n) is 9.47. The zero-order valence-electron chi connectivity index (χ0n) is 16.4. The minimum atomic E-state index is -0.582. The van der Waals surface area contributed by atoms with E-state index in [1.807, 2.05) is 54.6 Å². The highest BCUT2D eigenvalue weighted by atomic mass is 19.1. The number of nitrogens with zero attached hydrogens (tertiary/aromatic N) is 1.